The van der Waals surface area contributed by atoms with E-state index < -0.39 is 0 Å². The molecule has 0 N–H and O–H groups in total. The van der Waals surface area contributed by atoms with Gasteiger partial charge in [0.1, 0.15) is 6.10 Å². The van der Waals surface area contributed by atoms with Gasteiger partial charge < -0.3 is 4.74 Å². The SMILES string of the molecule is C=CCC1OC(=O)C=C1C. The number of ether oxygens (including phenoxy) is 1. The van der Waals surface area contributed by atoms with Gasteiger partial charge in [-0.25, -0.2) is 4.79 Å². The number of carbonyl (C=O) groups excluding carboxylic acids is 1. The lowest BCUT2D eigenvalue weighted by atomic mass is 10.1. The molecule has 2 heteroatoms. The zero-order valence-electron chi connectivity index (χ0n) is 5.96. The summed E-state index contributed by atoms with van der Waals surface area (Å²) in [4.78, 5) is 10.6. The van der Waals surface area contributed by atoms with Crippen molar-refractivity contribution in [1.82, 2.24) is 0 Å². The molecule has 1 atom stereocenters. The van der Waals surface area contributed by atoms with Crippen LogP contribution in [-0.4, -0.2) is 12.1 Å². The molecule has 0 saturated heterocycles. The van der Waals surface area contributed by atoms with E-state index >= 15 is 0 Å². The summed E-state index contributed by atoms with van der Waals surface area (Å²) in [5, 5.41) is 0. The molecule has 0 spiro atoms. The number of hydrogen-bond acceptors (Lipinski definition) is 2. The van der Waals surface area contributed by atoms with E-state index in [1.54, 1.807) is 6.08 Å². The molecular weight excluding hydrogens is 128 g/mol. The highest BCUT2D eigenvalue weighted by atomic mass is 16.5. The zero-order valence-corrected chi connectivity index (χ0v) is 5.96. The van der Waals surface area contributed by atoms with Gasteiger partial charge in [-0.1, -0.05) is 6.08 Å². The first-order valence-corrected chi connectivity index (χ1v) is 3.23. The fourth-order valence-electron chi connectivity index (χ4n) is 0.931. The molecule has 1 unspecified atom stereocenters. The lowest BCUT2D eigenvalue weighted by molar-refractivity contribution is -0.138. The molecule has 0 aromatic heterocycles. The van der Waals surface area contributed by atoms with Gasteiger partial charge in [-0.15, -0.1) is 6.58 Å². The van der Waals surface area contributed by atoms with Crippen LogP contribution in [0, 0.1) is 0 Å². The van der Waals surface area contributed by atoms with Gasteiger partial charge in [0.15, 0.2) is 0 Å². The second-order valence-corrected chi connectivity index (χ2v) is 2.34. The molecular formula is C8H10O2. The molecule has 0 aromatic rings. The molecule has 0 amide bonds. The summed E-state index contributed by atoms with van der Waals surface area (Å²) in [7, 11) is 0. The average Bonchev–Trinajstić information content (AvgIpc) is 2.13. The lowest BCUT2D eigenvalue weighted by Gasteiger charge is -2.07. The summed E-state index contributed by atoms with van der Waals surface area (Å²) in [6.45, 7) is 5.45. The molecule has 0 radical (unpaired) electrons. The van der Waals surface area contributed by atoms with Crippen LogP contribution in [0.2, 0.25) is 0 Å². The minimum absolute atomic E-state index is 0.0509. The maximum atomic E-state index is 10.6. The van der Waals surface area contributed by atoms with Crippen molar-refractivity contribution in [3.05, 3.63) is 24.3 Å². The summed E-state index contributed by atoms with van der Waals surface area (Å²) >= 11 is 0. The minimum atomic E-state index is -0.232. The second-order valence-electron chi connectivity index (χ2n) is 2.34. The molecule has 10 heavy (non-hydrogen) atoms. The van der Waals surface area contributed by atoms with Crippen LogP contribution < -0.4 is 0 Å². The van der Waals surface area contributed by atoms with Gasteiger partial charge in [0, 0.05) is 12.5 Å². The Morgan fingerprint density at radius 1 is 1.90 bits per heavy atom. The van der Waals surface area contributed by atoms with E-state index in [4.69, 9.17) is 4.74 Å². The van der Waals surface area contributed by atoms with Crippen LogP contribution in [-0.2, 0) is 9.53 Å². The maximum absolute atomic E-state index is 10.6. The molecule has 0 fully saturated rings. The van der Waals surface area contributed by atoms with Crippen molar-refractivity contribution in [2.45, 2.75) is 19.4 Å². The first kappa shape index (κ1) is 7.06. The Balaban J connectivity index is 2.59. The zero-order chi connectivity index (χ0) is 7.56. The van der Waals surface area contributed by atoms with Crippen molar-refractivity contribution in [2.24, 2.45) is 0 Å². The Morgan fingerprint density at radius 3 is 3.00 bits per heavy atom. The lowest BCUT2D eigenvalue weighted by Crippen LogP contribution is -2.08. The number of esters is 1. The first-order valence-electron chi connectivity index (χ1n) is 3.23. The van der Waals surface area contributed by atoms with E-state index in [1.165, 1.54) is 6.08 Å². The molecule has 0 aromatic carbocycles. The summed E-state index contributed by atoms with van der Waals surface area (Å²) in [5.74, 6) is -0.232. The van der Waals surface area contributed by atoms with Gasteiger partial charge in [-0.2, -0.15) is 0 Å². The fraction of sp³-hybridized carbons (Fsp3) is 0.375. The number of hydrogen-bond donors (Lipinski definition) is 0. The monoisotopic (exact) mass is 138 g/mol. The summed E-state index contributed by atoms with van der Waals surface area (Å²) < 4.78 is 4.91. The molecule has 1 rings (SSSR count). The van der Waals surface area contributed by atoms with Crippen molar-refractivity contribution in [3.63, 3.8) is 0 Å². The normalized spacial score (nSPS) is 23.9. The van der Waals surface area contributed by atoms with Crippen LogP contribution >= 0.6 is 0 Å². The summed E-state index contributed by atoms with van der Waals surface area (Å²) in [6.07, 6.45) is 3.94. The summed E-state index contributed by atoms with van der Waals surface area (Å²) in [6, 6.07) is 0. The highest BCUT2D eigenvalue weighted by Crippen LogP contribution is 2.17. The highest BCUT2D eigenvalue weighted by Gasteiger charge is 2.20. The number of carbonyl (C=O) groups is 1. The fourth-order valence-corrected chi connectivity index (χ4v) is 0.931. The van der Waals surface area contributed by atoms with Crippen LogP contribution in [0.4, 0.5) is 0 Å². The topological polar surface area (TPSA) is 26.3 Å². The average molecular weight is 138 g/mol. The Hall–Kier alpha value is -1.05. The van der Waals surface area contributed by atoms with Crippen molar-refractivity contribution in [2.75, 3.05) is 0 Å². The van der Waals surface area contributed by atoms with Crippen molar-refractivity contribution in [3.8, 4) is 0 Å². The first-order chi connectivity index (χ1) is 4.74. The van der Waals surface area contributed by atoms with Gasteiger partial charge >= 0.3 is 5.97 Å². The van der Waals surface area contributed by atoms with Gasteiger partial charge in [0.25, 0.3) is 0 Å². The third kappa shape index (κ3) is 1.26. The second kappa shape index (κ2) is 2.69. The predicted octanol–water partition coefficient (Wildman–Crippen LogP) is 1.43. The van der Waals surface area contributed by atoms with E-state index in [0.717, 1.165) is 5.57 Å². The Morgan fingerprint density at radius 2 is 2.60 bits per heavy atom. The molecule has 0 saturated carbocycles. The van der Waals surface area contributed by atoms with Gasteiger partial charge in [-0.3, -0.25) is 0 Å². The van der Waals surface area contributed by atoms with E-state index in [-0.39, 0.29) is 12.1 Å². The molecule has 1 aliphatic rings. The Labute approximate surface area is 60.2 Å². The molecule has 0 bridgehead atoms. The third-order valence-corrected chi connectivity index (χ3v) is 1.49. The van der Waals surface area contributed by atoms with E-state index in [2.05, 4.69) is 6.58 Å². The van der Waals surface area contributed by atoms with Gasteiger partial charge in [0.2, 0.25) is 0 Å². The van der Waals surface area contributed by atoms with E-state index in [9.17, 15) is 4.79 Å². The number of rotatable bonds is 2. The van der Waals surface area contributed by atoms with E-state index in [1.807, 2.05) is 6.92 Å². The van der Waals surface area contributed by atoms with Gasteiger partial charge in [-0.05, 0) is 12.5 Å². The van der Waals surface area contributed by atoms with Crippen LogP contribution in [0.1, 0.15) is 13.3 Å². The smallest absolute Gasteiger partial charge is 0.331 e. The van der Waals surface area contributed by atoms with E-state index in [0.29, 0.717) is 6.42 Å². The van der Waals surface area contributed by atoms with Crippen LogP contribution in [0.15, 0.2) is 24.3 Å². The van der Waals surface area contributed by atoms with Crippen molar-refractivity contribution >= 4 is 5.97 Å². The van der Waals surface area contributed by atoms with Crippen LogP contribution in [0.5, 0.6) is 0 Å². The van der Waals surface area contributed by atoms with Crippen LogP contribution in [0.3, 0.4) is 0 Å². The molecule has 1 aliphatic heterocycles. The Bertz CT molecular complexity index is 191. The standard InChI is InChI=1S/C8H10O2/c1-3-4-7-6(2)5-8(9)10-7/h3,5,7H,1,4H2,2H3. The predicted molar refractivity (Wildman–Crippen MR) is 38.5 cm³/mol. The molecule has 2 nitrogen and oxygen atoms in total. The molecule has 0 aliphatic carbocycles. The van der Waals surface area contributed by atoms with Crippen molar-refractivity contribution < 1.29 is 9.53 Å². The largest absolute Gasteiger partial charge is 0.454 e. The maximum Gasteiger partial charge on any atom is 0.331 e. The highest BCUT2D eigenvalue weighted by molar-refractivity contribution is 5.85. The third-order valence-electron chi connectivity index (χ3n) is 1.49. The van der Waals surface area contributed by atoms with Crippen molar-refractivity contribution in [1.29, 1.82) is 0 Å². The summed E-state index contributed by atoms with van der Waals surface area (Å²) in [5.41, 5.74) is 0.991. The molecule has 1 heterocycles. The van der Waals surface area contributed by atoms with Gasteiger partial charge in [0.05, 0.1) is 0 Å². The Kier molecular flexibility index (Phi) is 1.90. The molecule has 54 valence electrons. The number of cyclic esters (lactones) is 1. The van der Waals surface area contributed by atoms with Crippen LogP contribution in [0.25, 0.3) is 0 Å². The minimum Gasteiger partial charge on any atom is -0.454 e. The quantitative estimate of drug-likeness (QED) is 0.426.